The standard InChI is InChI=1S/C18H22N2O4/c1-13-5-3-4-6-15(13)18(23)19-14-9-11-20(12-10-14)16(21)7-8-17(22)24-2/h3-8,14H,9-12H2,1-2H3,(H,19,23)/b8-7+. The third kappa shape index (κ3) is 4.68. The largest absolute Gasteiger partial charge is 0.466 e. The van der Waals surface area contributed by atoms with Crippen LogP contribution in [0, 0.1) is 6.92 Å². The Morgan fingerprint density at radius 3 is 2.46 bits per heavy atom. The maximum atomic E-state index is 12.3. The maximum Gasteiger partial charge on any atom is 0.330 e. The number of methoxy groups -OCH3 is 1. The first kappa shape index (κ1) is 17.7. The number of hydrogen-bond acceptors (Lipinski definition) is 4. The fraction of sp³-hybridized carbons (Fsp3) is 0.389. The lowest BCUT2D eigenvalue weighted by molar-refractivity contribution is -0.135. The van der Waals surface area contributed by atoms with Gasteiger partial charge in [-0.2, -0.15) is 0 Å². The molecule has 128 valence electrons. The fourth-order valence-corrected chi connectivity index (χ4v) is 2.65. The Hall–Kier alpha value is -2.63. The highest BCUT2D eigenvalue weighted by atomic mass is 16.5. The zero-order valence-electron chi connectivity index (χ0n) is 14.0. The van der Waals surface area contributed by atoms with Crippen LogP contribution in [0.2, 0.25) is 0 Å². The molecule has 2 amide bonds. The number of piperidine rings is 1. The van der Waals surface area contributed by atoms with E-state index >= 15 is 0 Å². The van der Waals surface area contributed by atoms with Gasteiger partial charge < -0.3 is 15.0 Å². The first-order chi connectivity index (χ1) is 11.5. The van der Waals surface area contributed by atoms with Gasteiger partial charge >= 0.3 is 5.97 Å². The Morgan fingerprint density at radius 2 is 1.83 bits per heavy atom. The maximum absolute atomic E-state index is 12.3. The fourth-order valence-electron chi connectivity index (χ4n) is 2.65. The van der Waals surface area contributed by atoms with E-state index in [-0.39, 0.29) is 17.9 Å². The zero-order chi connectivity index (χ0) is 17.5. The molecule has 6 nitrogen and oxygen atoms in total. The predicted molar refractivity (Wildman–Crippen MR) is 89.4 cm³/mol. The summed E-state index contributed by atoms with van der Waals surface area (Å²) in [6, 6.07) is 7.50. The van der Waals surface area contributed by atoms with Crippen LogP contribution in [0.1, 0.15) is 28.8 Å². The van der Waals surface area contributed by atoms with Gasteiger partial charge in [0, 0.05) is 36.8 Å². The first-order valence-electron chi connectivity index (χ1n) is 7.92. The van der Waals surface area contributed by atoms with E-state index in [1.807, 2.05) is 25.1 Å². The Kier molecular flexibility index (Phi) is 6.12. The van der Waals surface area contributed by atoms with Crippen molar-refractivity contribution >= 4 is 17.8 Å². The quantitative estimate of drug-likeness (QED) is 0.670. The molecule has 1 saturated heterocycles. The lowest BCUT2D eigenvalue weighted by Gasteiger charge is -2.31. The van der Waals surface area contributed by atoms with Crippen molar-refractivity contribution in [2.24, 2.45) is 0 Å². The van der Waals surface area contributed by atoms with Gasteiger partial charge in [-0.1, -0.05) is 18.2 Å². The van der Waals surface area contributed by atoms with Crippen molar-refractivity contribution in [1.29, 1.82) is 0 Å². The topological polar surface area (TPSA) is 75.7 Å². The normalized spacial score (nSPS) is 15.3. The van der Waals surface area contributed by atoms with E-state index in [1.54, 1.807) is 11.0 Å². The summed E-state index contributed by atoms with van der Waals surface area (Å²) in [5.74, 6) is -0.851. The number of aryl methyl sites for hydroxylation is 1. The van der Waals surface area contributed by atoms with Crippen LogP contribution < -0.4 is 5.32 Å². The molecule has 1 aliphatic rings. The number of carbonyl (C=O) groups excluding carboxylic acids is 3. The summed E-state index contributed by atoms with van der Waals surface area (Å²) >= 11 is 0. The molecule has 1 fully saturated rings. The minimum absolute atomic E-state index is 0.0470. The molecule has 1 heterocycles. The number of ether oxygens (including phenoxy) is 1. The molecular formula is C18H22N2O4. The highest BCUT2D eigenvalue weighted by Gasteiger charge is 2.23. The van der Waals surface area contributed by atoms with Crippen LogP contribution in [-0.2, 0) is 14.3 Å². The van der Waals surface area contributed by atoms with E-state index in [0.717, 1.165) is 11.6 Å². The summed E-state index contributed by atoms with van der Waals surface area (Å²) in [6.45, 7) is 3.00. The molecule has 0 bridgehead atoms. The molecule has 0 radical (unpaired) electrons. The molecule has 0 atom stereocenters. The summed E-state index contributed by atoms with van der Waals surface area (Å²) in [4.78, 5) is 36.9. The summed E-state index contributed by atoms with van der Waals surface area (Å²) < 4.78 is 4.46. The number of nitrogens with one attached hydrogen (secondary N) is 1. The molecule has 1 aromatic rings. The lowest BCUT2D eigenvalue weighted by atomic mass is 10.0. The van der Waals surface area contributed by atoms with Gasteiger partial charge in [0.1, 0.15) is 0 Å². The molecule has 1 N–H and O–H groups in total. The highest BCUT2D eigenvalue weighted by Crippen LogP contribution is 2.13. The molecule has 2 rings (SSSR count). The predicted octanol–water partition coefficient (Wildman–Crippen LogP) is 1.45. The number of rotatable bonds is 4. The van der Waals surface area contributed by atoms with Crippen molar-refractivity contribution in [3.05, 3.63) is 47.5 Å². The van der Waals surface area contributed by atoms with Gasteiger partial charge in [0.2, 0.25) is 5.91 Å². The zero-order valence-corrected chi connectivity index (χ0v) is 14.0. The van der Waals surface area contributed by atoms with Gasteiger partial charge in [-0.15, -0.1) is 0 Å². The van der Waals surface area contributed by atoms with Crippen LogP contribution in [0.4, 0.5) is 0 Å². The van der Waals surface area contributed by atoms with Crippen molar-refractivity contribution in [3.63, 3.8) is 0 Å². The van der Waals surface area contributed by atoms with Crippen molar-refractivity contribution in [3.8, 4) is 0 Å². The van der Waals surface area contributed by atoms with E-state index in [4.69, 9.17) is 0 Å². The van der Waals surface area contributed by atoms with E-state index in [9.17, 15) is 14.4 Å². The van der Waals surface area contributed by atoms with Gasteiger partial charge in [0.25, 0.3) is 5.91 Å². The van der Waals surface area contributed by atoms with Crippen LogP contribution in [0.5, 0.6) is 0 Å². The molecule has 0 aromatic heterocycles. The minimum Gasteiger partial charge on any atom is -0.466 e. The van der Waals surface area contributed by atoms with Crippen LogP contribution in [0.15, 0.2) is 36.4 Å². The molecule has 1 aromatic carbocycles. The number of likely N-dealkylation sites (tertiary alicyclic amines) is 1. The summed E-state index contributed by atoms with van der Waals surface area (Å²) in [6.07, 6.45) is 3.72. The van der Waals surface area contributed by atoms with Crippen LogP contribution >= 0.6 is 0 Å². The van der Waals surface area contributed by atoms with Gasteiger partial charge in [0.05, 0.1) is 7.11 Å². The molecule has 0 aliphatic carbocycles. The van der Waals surface area contributed by atoms with Gasteiger partial charge in [-0.05, 0) is 31.4 Å². The van der Waals surface area contributed by atoms with Gasteiger partial charge in [-0.3, -0.25) is 9.59 Å². The van der Waals surface area contributed by atoms with Crippen molar-refractivity contribution < 1.29 is 19.1 Å². The Balaban J connectivity index is 1.84. The lowest BCUT2D eigenvalue weighted by Crippen LogP contribution is -2.46. The smallest absolute Gasteiger partial charge is 0.330 e. The molecular weight excluding hydrogens is 308 g/mol. The van der Waals surface area contributed by atoms with E-state index in [1.165, 1.54) is 13.2 Å². The number of carbonyl (C=O) groups is 3. The van der Waals surface area contributed by atoms with E-state index in [0.29, 0.717) is 31.5 Å². The van der Waals surface area contributed by atoms with Gasteiger partial charge in [0.15, 0.2) is 0 Å². The minimum atomic E-state index is -0.552. The second kappa shape index (κ2) is 8.29. The first-order valence-corrected chi connectivity index (χ1v) is 7.92. The van der Waals surface area contributed by atoms with Crippen LogP contribution in [0.25, 0.3) is 0 Å². The number of nitrogens with zero attached hydrogens (tertiary/aromatic N) is 1. The van der Waals surface area contributed by atoms with Gasteiger partial charge in [-0.25, -0.2) is 4.79 Å². The van der Waals surface area contributed by atoms with Crippen LogP contribution in [0.3, 0.4) is 0 Å². The summed E-state index contributed by atoms with van der Waals surface area (Å²) in [5.41, 5.74) is 1.62. The number of benzene rings is 1. The average molecular weight is 330 g/mol. The third-order valence-corrected chi connectivity index (χ3v) is 4.09. The summed E-state index contributed by atoms with van der Waals surface area (Å²) in [5, 5.41) is 3.03. The molecule has 0 spiro atoms. The second-order valence-corrected chi connectivity index (χ2v) is 5.74. The number of amides is 2. The molecule has 1 aliphatic heterocycles. The van der Waals surface area contributed by atoms with Crippen molar-refractivity contribution in [2.45, 2.75) is 25.8 Å². The summed E-state index contributed by atoms with van der Waals surface area (Å²) in [7, 11) is 1.26. The monoisotopic (exact) mass is 330 g/mol. The van der Waals surface area contributed by atoms with Crippen LogP contribution in [-0.4, -0.2) is 48.9 Å². The van der Waals surface area contributed by atoms with E-state index in [2.05, 4.69) is 10.1 Å². The molecule has 0 saturated carbocycles. The molecule has 6 heteroatoms. The Labute approximate surface area is 141 Å². The molecule has 24 heavy (non-hydrogen) atoms. The van der Waals surface area contributed by atoms with Crippen molar-refractivity contribution in [1.82, 2.24) is 10.2 Å². The average Bonchev–Trinajstić information content (AvgIpc) is 2.60. The second-order valence-electron chi connectivity index (χ2n) is 5.74. The van der Waals surface area contributed by atoms with Crippen molar-refractivity contribution in [2.75, 3.05) is 20.2 Å². The Bertz CT molecular complexity index is 646. The number of hydrogen-bond donors (Lipinski definition) is 1. The third-order valence-electron chi connectivity index (χ3n) is 4.09. The SMILES string of the molecule is COC(=O)/C=C/C(=O)N1CCC(NC(=O)c2ccccc2C)CC1. The number of esters is 1. The Morgan fingerprint density at radius 1 is 1.17 bits per heavy atom. The molecule has 0 unspecified atom stereocenters. The van der Waals surface area contributed by atoms with E-state index < -0.39 is 5.97 Å². The highest BCUT2D eigenvalue weighted by molar-refractivity contribution is 5.96.